The van der Waals surface area contributed by atoms with Crippen molar-refractivity contribution in [1.29, 1.82) is 0 Å². The van der Waals surface area contributed by atoms with Crippen molar-refractivity contribution in [3.8, 4) is 0 Å². The first-order valence-corrected chi connectivity index (χ1v) is 5.43. The fourth-order valence-electron chi connectivity index (χ4n) is 1.93. The lowest BCUT2D eigenvalue weighted by molar-refractivity contribution is 0.0572. The number of nitrogen functional groups attached to an aromatic ring is 2. The van der Waals surface area contributed by atoms with Gasteiger partial charge in [0.15, 0.2) is 5.82 Å². The molecule has 0 aliphatic carbocycles. The molecule has 0 aromatic heterocycles. The van der Waals surface area contributed by atoms with Gasteiger partial charge >= 0.3 is 0 Å². The fraction of sp³-hybridized carbons (Fsp3) is 0.400. The Morgan fingerprint density at radius 1 is 1.24 bits per heavy atom. The highest BCUT2D eigenvalue weighted by molar-refractivity contribution is 6.33. The second-order valence-electron chi connectivity index (χ2n) is 4.07. The maximum absolute atomic E-state index is 13.9. The number of hydrogen-bond donors (Lipinski definition) is 4. The van der Waals surface area contributed by atoms with Crippen molar-refractivity contribution >= 4 is 28.7 Å². The molecule has 0 radical (unpaired) electrons. The van der Waals surface area contributed by atoms with Gasteiger partial charge in [-0.1, -0.05) is 11.6 Å². The van der Waals surface area contributed by atoms with Gasteiger partial charge in [0, 0.05) is 13.1 Å². The number of halogens is 2. The molecule has 94 valence electrons. The molecule has 1 aliphatic rings. The molecule has 1 aromatic rings. The van der Waals surface area contributed by atoms with Gasteiger partial charge in [-0.05, 0) is 6.07 Å². The first-order chi connectivity index (χ1) is 7.91. The highest BCUT2D eigenvalue weighted by Gasteiger charge is 2.32. The van der Waals surface area contributed by atoms with E-state index in [1.54, 1.807) is 0 Å². The molecule has 2 unspecified atom stereocenters. The van der Waals surface area contributed by atoms with Crippen molar-refractivity contribution in [3.05, 3.63) is 16.9 Å². The Labute approximate surface area is 102 Å². The zero-order chi connectivity index (χ0) is 12.7. The Bertz CT molecular complexity index is 448. The minimum Gasteiger partial charge on any atom is -0.397 e. The van der Waals surface area contributed by atoms with Gasteiger partial charge in [-0.3, -0.25) is 0 Å². The Hall–Kier alpha value is -1.24. The van der Waals surface area contributed by atoms with Crippen LogP contribution in [0.3, 0.4) is 0 Å². The topological polar surface area (TPSA) is 95.7 Å². The largest absolute Gasteiger partial charge is 0.397 e. The van der Waals surface area contributed by atoms with Crippen LogP contribution in [0.15, 0.2) is 6.07 Å². The maximum atomic E-state index is 13.9. The maximum Gasteiger partial charge on any atom is 0.169 e. The van der Waals surface area contributed by atoms with Gasteiger partial charge in [0.2, 0.25) is 0 Å². The molecule has 0 saturated carbocycles. The number of benzene rings is 1. The molecule has 6 N–H and O–H groups in total. The van der Waals surface area contributed by atoms with Gasteiger partial charge in [0.05, 0.1) is 29.3 Å². The van der Waals surface area contributed by atoms with Crippen LogP contribution in [-0.2, 0) is 0 Å². The predicted octanol–water partition coefficient (Wildman–Crippen LogP) is 0.185. The zero-order valence-corrected chi connectivity index (χ0v) is 9.65. The molecular formula is C10H13ClFN3O2. The standard InChI is InChI=1S/C10H13ClFN3O2/c11-8-4(13)1-5(14)10(9(8)12)15-2-6(16)7(17)3-15/h1,6-7,16-17H,2-3,13-14H2. The third kappa shape index (κ3) is 1.99. The average Bonchev–Trinajstić information content (AvgIpc) is 2.56. The minimum absolute atomic E-state index is 0.0608. The first kappa shape index (κ1) is 12.2. The SMILES string of the molecule is Nc1cc(N)c(N2CC(O)C(O)C2)c(F)c1Cl. The monoisotopic (exact) mass is 261 g/mol. The smallest absolute Gasteiger partial charge is 0.169 e. The number of hydrogen-bond acceptors (Lipinski definition) is 5. The van der Waals surface area contributed by atoms with E-state index in [0.29, 0.717) is 0 Å². The lowest BCUT2D eigenvalue weighted by Gasteiger charge is -2.21. The van der Waals surface area contributed by atoms with E-state index in [1.807, 2.05) is 0 Å². The van der Waals surface area contributed by atoms with Crippen LogP contribution in [0.1, 0.15) is 0 Å². The van der Waals surface area contributed by atoms with Crippen LogP contribution in [0.4, 0.5) is 21.5 Å². The number of nitrogens with two attached hydrogens (primary N) is 2. The summed E-state index contributed by atoms with van der Waals surface area (Å²) in [5.74, 6) is -0.731. The normalized spacial score (nSPS) is 24.4. The van der Waals surface area contributed by atoms with Crippen molar-refractivity contribution in [2.75, 3.05) is 29.5 Å². The highest BCUT2D eigenvalue weighted by Crippen LogP contribution is 2.37. The molecule has 1 aliphatic heterocycles. The second kappa shape index (κ2) is 4.21. The molecule has 2 atom stereocenters. The van der Waals surface area contributed by atoms with E-state index >= 15 is 0 Å². The van der Waals surface area contributed by atoms with Crippen molar-refractivity contribution in [1.82, 2.24) is 0 Å². The van der Waals surface area contributed by atoms with E-state index in [4.69, 9.17) is 23.1 Å². The summed E-state index contributed by atoms with van der Waals surface area (Å²) in [5.41, 5.74) is 11.4. The summed E-state index contributed by atoms with van der Waals surface area (Å²) in [4.78, 5) is 1.45. The van der Waals surface area contributed by atoms with Crippen LogP contribution in [0.2, 0.25) is 5.02 Å². The molecule has 5 nitrogen and oxygen atoms in total. The van der Waals surface area contributed by atoms with Crippen LogP contribution >= 0.6 is 11.6 Å². The number of rotatable bonds is 1. The molecule has 0 amide bonds. The summed E-state index contributed by atoms with van der Waals surface area (Å²) in [5, 5.41) is 18.6. The van der Waals surface area contributed by atoms with E-state index in [2.05, 4.69) is 0 Å². The van der Waals surface area contributed by atoms with Crippen molar-refractivity contribution in [2.24, 2.45) is 0 Å². The van der Waals surface area contributed by atoms with E-state index < -0.39 is 18.0 Å². The number of aliphatic hydroxyl groups excluding tert-OH is 2. The highest BCUT2D eigenvalue weighted by atomic mass is 35.5. The van der Waals surface area contributed by atoms with Gasteiger partial charge in [-0.15, -0.1) is 0 Å². The summed E-state index contributed by atoms with van der Waals surface area (Å²) in [6, 6.07) is 1.36. The molecule has 17 heavy (non-hydrogen) atoms. The van der Waals surface area contributed by atoms with E-state index in [-0.39, 0.29) is 35.2 Å². The van der Waals surface area contributed by atoms with Gasteiger partial charge < -0.3 is 26.6 Å². The zero-order valence-electron chi connectivity index (χ0n) is 8.90. The molecule has 0 bridgehead atoms. The molecule has 1 saturated heterocycles. The molecule has 0 spiro atoms. The molecule has 2 rings (SSSR count). The van der Waals surface area contributed by atoms with Crippen LogP contribution < -0.4 is 16.4 Å². The van der Waals surface area contributed by atoms with Crippen molar-refractivity contribution < 1.29 is 14.6 Å². The Balaban J connectivity index is 2.43. The van der Waals surface area contributed by atoms with Gasteiger partial charge in [0.1, 0.15) is 5.02 Å². The Morgan fingerprint density at radius 3 is 2.29 bits per heavy atom. The molecule has 1 aromatic carbocycles. The van der Waals surface area contributed by atoms with Crippen molar-refractivity contribution in [3.63, 3.8) is 0 Å². The lowest BCUT2D eigenvalue weighted by atomic mass is 10.2. The molecule has 1 fully saturated rings. The van der Waals surface area contributed by atoms with Crippen LogP contribution in [0.25, 0.3) is 0 Å². The summed E-state index contributed by atoms with van der Waals surface area (Å²) in [6.07, 6.45) is -1.85. The number of aliphatic hydroxyl groups is 2. The second-order valence-corrected chi connectivity index (χ2v) is 4.45. The predicted molar refractivity (Wildman–Crippen MR) is 64.5 cm³/mol. The quantitative estimate of drug-likeness (QED) is 0.541. The Kier molecular flexibility index (Phi) is 3.03. The summed E-state index contributed by atoms with van der Waals surface area (Å²) >= 11 is 5.70. The third-order valence-electron chi connectivity index (χ3n) is 2.81. The number of nitrogens with zero attached hydrogens (tertiary/aromatic N) is 1. The Morgan fingerprint density at radius 2 is 1.76 bits per heavy atom. The minimum atomic E-state index is -0.926. The molecule has 1 heterocycles. The van der Waals surface area contributed by atoms with E-state index in [1.165, 1.54) is 11.0 Å². The number of anilines is 3. The van der Waals surface area contributed by atoms with Crippen LogP contribution in [-0.4, -0.2) is 35.5 Å². The number of β-amino-alcohol motifs (C(OH)–C–C–N with tert-alkyl or cyclic N) is 2. The summed E-state index contributed by atoms with van der Waals surface area (Å²) in [7, 11) is 0. The average molecular weight is 262 g/mol. The van der Waals surface area contributed by atoms with Crippen LogP contribution in [0.5, 0.6) is 0 Å². The molecule has 7 heteroatoms. The van der Waals surface area contributed by atoms with Crippen molar-refractivity contribution in [2.45, 2.75) is 12.2 Å². The van der Waals surface area contributed by atoms with Gasteiger partial charge in [0.25, 0.3) is 0 Å². The van der Waals surface area contributed by atoms with Gasteiger partial charge in [-0.25, -0.2) is 4.39 Å². The lowest BCUT2D eigenvalue weighted by Crippen LogP contribution is -2.23. The first-order valence-electron chi connectivity index (χ1n) is 5.05. The fourth-order valence-corrected chi connectivity index (χ4v) is 2.07. The van der Waals surface area contributed by atoms with E-state index in [0.717, 1.165) is 0 Å². The molecular weight excluding hydrogens is 249 g/mol. The summed E-state index contributed by atoms with van der Waals surface area (Å²) < 4.78 is 13.9. The third-order valence-corrected chi connectivity index (χ3v) is 3.20. The van der Waals surface area contributed by atoms with Gasteiger partial charge in [-0.2, -0.15) is 0 Å². The summed E-state index contributed by atoms with van der Waals surface area (Å²) in [6.45, 7) is 0.199. The van der Waals surface area contributed by atoms with Crippen LogP contribution in [0, 0.1) is 5.82 Å². The van der Waals surface area contributed by atoms with E-state index in [9.17, 15) is 14.6 Å².